The van der Waals surface area contributed by atoms with Crippen molar-refractivity contribution in [3.05, 3.63) is 22.5 Å². The van der Waals surface area contributed by atoms with Gasteiger partial charge in [-0.25, -0.2) is 0 Å². The summed E-state index contributed by atoms with van der Waals surface area (Å²) in [7, 11) is 5.07. The first-order valence-corrected chi connectivity index (χ1v) is 16.2. The van der Waals surface area contributed by atoms with Gasteiger partial charge < -0.3 is 9.80 Å². The molecule has 2 heterocycles. The second kappa shape index (κ2) is 8.29. The molecule has 10 unspecified atom stereocenters. The predicted molar refractivity (Wildman–Crippen MR) is 144 cm³/mol. The van der Waals surface area contributed by atoms with E-state index in [2.05, 4.69) is 23.9 Å². The van der Waals surface area contributed by atoms with Crippen molar-refractivity contribution in [1.29, 1.82) is 0 Å². The van der Waals surface area contributed by atoms with Crippen LogP contribution in [0.3, 0.4) is 0 Å². The lowest BCUT2D eigenvalue weighted by atomic mass is 9.66. The summed E-state index contributed by atoms with van der Waals surface area (Å²) in [6.07, 6.45) is 25.5. The maximum absolute atomic E-state index is 2.91. The van der Waals surface area contributed by atoms with E-state index in [9.17, 15) is 0 Å². The Morgan fingerprint density at radius 3 is 1.31 bits per heavy atom. The Balaban J connectivity index is 1.18. The standard InChI is InChI=1S/C33H50N2/c1-34-28-17-9-7-15-24(28)30-22-13-5-3-11-20(22)26(32(30)34)19-27-21-12-4-6-14-23(21)31-25-16-8-10-18-29(25)35(2)33(27)31/h20-29H,3-19H2,1-2H3. The highest BCUT2D eigenvalue weighted by Gasteiger charge is 2.58. The van der Waals surface area contributed by atoms with Gasteiger partial charge in [-0.2, -0.15) is 0 Å². The summed E-state index contributed by atoms with van der Waals surface area (Å²) in [5, 5.41) is 0. The minimum absolute atomic E-state index is 0.858. The largest absolute Gasteiger partial charge is 0.374 e. The molecule has 6 aliphatic carbocycles. The molecule has 35 heavy (non-hydrogen) atoms. The molecule has 10 atom stereocenters. The predicted octanol–water partition coefficient (Wildman–Crippen LogP) is 7.77. The van der Waals surface area contributed by atoms with E-state index in [-0.39, 0.29) is 0 Å². The number of likely N-dealkylation sites (tertiary alicyclic amines) is 2. The normalized spacial score (nSPS) is 48.5. The van der Waals surface area contributed by atoms with Gasteiger partial charge in [0.15, 0.2) is 0 Å². The smallest absolute Gasteiger partial charge is 0.0349 e. The fourth-order valence-electron chi connectivity index (χ4n) is 12.2. The lowest BCUT2D eigenvalue weighted by Crippen LogP contribution is -2.41. The molecule has 2 heteroatoms. The van der Waals surface area contributed by atoms with Gasteiger partial charge in [0.1, 0.15) is 0 Å². The van der Waals surface area contributed by atoms with E-state index in [1.165, 1.54) is 109 Å². The molecule has 0 saturated heterocycles. The fourth-order valence-corrected chi connectivity index (χ4v) is 12.2. The van der Waals surface area contributed by atoms with Gasteiger partial charge >= 0.3 is 0 Å². The first kappa shape index (κ1) is 22.1. The SMILES string of the molecule is CN1C2=C(C3CCCCC3C2CC2C3=C(C4CCCCC42)C2CCCCC2N3C)C2CCCCC21. The van der Waals surface area contributed by atoms with E-state index in [1.54, 1.807) is 0 Å². The van der Waals surface area contributed by atoms with Gasteiger partial charge in [-0.3, -0.25) is 0 Å². The molecular weight excluding hydrogens is 424 g/mol. The van der Waals surface area contributed by atoms with Crippen molar-refractivity contribution in [3.8, 4) is 0 Å². The maximum atomic E-state index is 2.91. The van der Waals surface area contributed by atoms with Crippen LogP contribution in [0.5, 0.6) is 0 Å². The van der Waals surface area contributed by atoms with Gasteiger partial charge in [-0.1, -0.05) is 51.4 Å². The molecule has 4 fully saturated rings. The monoisotopic (exact) mass is 474 g/mol. The summed E-state index contributed by atoms with van der Waals surface area (Å²) in [5.41, 5.74) is 7.93. The highest BCUT2D eigenvalue weighted by Crippen LogP contribution is 2.64. The first-order valence-electron chi connectivity index (χ1n) is 16.2. The van der Waals surface area contributed by atoms with Gasteiger partial charge in [0.05, 0.1) is 0 Å². The van der Waals surface area contributed by atoms with Crippen LogP contribution in [0.2, 0.25) is 0 Å². The summed E-state index contributed by atoms with van der Waals surface area (Å²) in [6.45, 7) is 0. The third-order valence-corrected chi connectivity index (χ3v) is 13.3. The molecule has 0 N–H and O–H groups in total. The van der Waals surface area contributed by atoms with Crippen LogP contribution in [0.25, 0.3) is 0 Å². The molecule has 8 rings (SSSR count). The molecule has 192 valence electrons. The van der Waals surface area contributed by atoms with E-state index in [0.717, 1.165) is 59.4 Å². The van der Waals surface area contributed by atoms with Crippen molar-refractivity contribution in [1.82, 2.24) is 9.80 Å². The lowest BCUT2D eigenvalue weighted by molar-refractivity contribution is 0.104. The third-order valence-electron chi connectivity index (χ3n) is 13.3. The molecule has 2 nitrogen and oxygen atoms in total. The summed E-state index contributed by atoms with van der Waals surface area (Å²) in [6, 6.07) is 1.72. The van der Waals surface area contributed by atoms with Crippen LogP contribution < -0.4 is 0 Å². The highest BCUT2D eigenvalue weighted by molar-refractivity contribution is 5.40. The van der Waals surface area contributed by atoms with Crippen molar-refractivity contribution < 1.29 is 0 Å². The van der Waals surface area contributed by atoms with Gasteiger partial charge in [-0.15, -0.1) is 0 Å². The minimum Gasteiger partial charge on any atom is -0.374 e. The van der Waals surface area contributed by atoms with Crippen LogP contribution in [-0.4, -0.2) is 36.0 Å². The van der Waals surface area contributed by atoms with Crippen LogP contribution in [0.4, 0.5) is 0 Å². The van der Waals surface area contributed by atoms with Crippen molar-refractivity contribution >= 4 is 0 Å². The first-order chi connectivity index (χ1) is 17.2. The minimum atomic E-state index is 0.858. The van der Waals surface area contributed by atoms with E-state index in [4.69, 9.17) is 0 Å². The fraction of sp³-hybridized carbons (Fsp3) is 0.879. The van der Waals surface area contributed by atoms with E-state index in [1.807, 2.05) is 22.5 Å². The molecule has 0 spiro atoms. The molecule has 8 aliphatic rings. The molecule has 0 radical (unpaired) electrons. The molecule has 0 bridgehead atoms. The van der Waals surface area contributed by atoms with Crippen LogP contribution in [0.1, 0.15) is 109 Å². The lowest BCUT2D eigenvalue weighted by Gasteiger charge is -2.44. The van der Waals surface area contributed by atoms with Crippen molar-refractivity contribution in [2.45, 2.75) is 121 Å². The Bertz CT molecular complexity index is 855. The Morgan fingerprint density at radius 2 is 0.857 bits per heavy atom. The van der Waals surface area contributed by atoms with Crippen LogP contribution in [-0.2, 0) is 0 Å². The Labute approximate surface area is 215 Å². The number of nitrogens with zero attached hydrogens (tertiary/aromatic N) is 2. The Kier molecular flexibility index (Phi) is 5.23. The van der Waals surface area contributed by atoms with Gasteiger partial charge in [0, 0.05) is 61.2 Å². The van der Waals surface area contributed by atoms with Gasteiger partial charge in [0.2, 0.25) is 0 Å². The average Bonchev–Trinajstić information content (AvgIpc) is 3.59. The topological polar surface area (TPSA) is 6.48 Å². The highest BCUT2D eigenvalue weighted by atomic mass is 15.2. The van der Waals surface area contributed by atoms with E-state index in [0.29, 0.717) is 0 Å². The van der Waals surface area contributed by atoms with E-state index >= 15 is 0 Å². The number of rotatable bonds is 2. The third kappa shape index (κ3) is 3.01. The number of allylic oxidation sites excluding steroid dienone is 2. The van der Waals surface area contributed by atoms with Crippen molar-refractivity contribution in [2.75, 3.05) is 14.1 Å². The molecule has 0 aromatic carbocycles. The van der Waals surface area contributed by atoms with Crippen LogP contribution in [0, 0.1) is 47.3 Å². The Hall–Kier alpha value is -0.920. The quantitative estimate of drug-likeness (QED) is 0.403. The zero-order valence-corrected chi connectivity index (χ0v) is 22.7. The van der Waals surface area contributed by atoms with Crippen molar-refractivity contribution in [2.24, 2.45) is 47.3 Å². The summed E-state index contributed by atoms with van der Waals surface area (Å²) in [4.78, 5) is 5.81. The molecule has 2 aliphatic heterocycles. The molecule has 0 amide bonds. The summed E-state index contributed by atoms with van der Waals surface area (Å²) < 4.78 is 0. The van der Waals surface area contributed by atoms with E-state index < -0.39 is 0 Å². The summed E-state index contributed by atoms with van der Waals surface area (Å²) in [5.74, 6) is 7.50. The van der Waals surface area contributed by atoms with Crippen molar-refractivity contribution in [3.63, 3.8) is 0 Å². The zero-order chi connectivity index (χ0) is 23.3. The van der Waals surface area contributed by atoms with Gasteiger partial charge in [0.25, 0.3) is 0 Å². The number of hydrogen-bond donors (Lipinski definition) is 0. The average molecular weight is 475 g/mol. The molecule has 0 aromatic rings. The molecule has 0 aromatic heterocycles. The number of fused-ring (bicyclic) bond motifs is 8. The molecule has 4 saturated carbocycles. The maximum Gasteiger partial charge on any atom is 0.0349 e. The number of hydrogen-bond acceptors (Lipinski definition) is 2. The Morgan fingerprint density at radius 1 is 0.486 bits per heavy atom. The second-order valence-corrected chi connectivity index (χ2v) is 14.4. The second-order valence-electron chi connectivity index (χ2n) is 14.4. The summed E-state index contributed by atoms with van der Waals surface area (Å²) >= 11 is 0. The van der Waals surface area contributed by atoms with Crippen LogP contribution >= 0.6 is 0 Å². The zero-order valence-electron chi connectivity index (χ0n) is 22.7. The molecular formula is C33H50N2. The van der Waals surface area contributed by atoms with Gasteiger partial charge in [-0.05, 0) is 92.6 Å². The van der Waals surface area contributed by atoms with Crippen LogP contribution in [0.15, 0.2) is 22.5 Å².